The molecule has 1 N–H and O–H groups in total. The van der Waals surface area contributed by atoms with Gasteiger partial charge in [-0.25, -0.2) is 19.0 Å². The van der Waals surface area contributed by atoms with E-state index in [0.717, 1.165) is 51.6 Å². The summed E-state index contributed by atoms with van der Waals surface area (Å²) in [6.45, 7) is 5.81. The Morgan fingerprint density at radius 3 is 2.42 bits per heavy atom. The number of nitrogens with zero attached hydrogens (tertiary/aromatic N) is 6. The van der Waals surface area contributed by atoms with E-state index in [1.165, 1.54) is 18.5 Å². The molecule has 160 valence electrons. The van der Waals surface area contributed by atoms with E-state index in [-0.39, 0.29) is 12.4 Å². The standard InChI is InChI=1S/C23H25FN6O/c1-5-19-21(28-29(4)23(19)16-6-8-17(24)9-7-16)10-18-11-22(26-13-25-18)30-15(3)20(12-31)14(2)27-30/h6-9,11,13,31H,5,10,12H2,1-4H3. The molecule has 1 aromatic carbocycles. The molecule has 4 rings (SSSR count). The van der Waals surface area contributed by atoms with Gasteiger partial charge in [-0.05, 0) is 44.5 Å². The predicted molar refractivity (Wildman–Crippen MR) is 115 cm³/mol. The molecular formula is C23H25FN6O. The van der Waals surface area contributed by atoms with E-state index < -0.39 is 0 Å². The molecule has 31 heavy (non-hydrogen) atoms. The molecule has 7 nitrogen and oxygen atoms in total. The fourth-order valence-electron chi connectivity index (χ4n) is 4.00. The fraction of sp³-hybridized carbons (Fsp3) is 0.304. The first kappa shape index (κ1) is 20.9. The Balaban J connectivity index is 1.70. The third-order valence-electron chi connectivity index (χ3n) is 5.57. The molecule has 0 fully saturated rings. The minimum absolute atomic E-state index is 0.0600. The van der Waals surface area contributed by atoms with Crippen molar-refractivity contribution in [2.24, 2.45) is 7.05 Å². The largest absolute Gasteiger partial charge is 0.392 e. The molecular weight excluding hydrogens is 395 g/mol. The maximum absolute atomic E-state index is 13.4. The highest BCUT2D eigenvalue weighted by molar-refractivity contribution is 5.65. The molecule has 0 saturated carbocycles. The van der Waals surface area contributed by atoms with Gasteiger partial charge in [-0.15, -0.1) is 0 Å². The molecule has 3 aromatic heterocycles. The summed E-state index contributed by atoms with van der Waals surface area (Å²) in [6, 6.07) is 8.38. The van der Waals surface area contributed by atoms with Crippen LogP contribution in [0.2, 0.25) is 0 Å². The predicted octanol–water partition coefficient (Wildman–Crippen LogP) is 3.46. The molecule has 0 spiro atoms. The molecule has 8 heteroatoms. The highest BCUT2D eigenvalue weighted by atomic mass is 19.1. The molecule has 3 heterocycles. The van der Waals surface area contributed by atoms with E-state index in [0.29, 0.717) is 12.2 Å². The van der Waals surface area contributed by atoms with Crippen molar-refractivity contribution in [1.82, 2.24) is 29.5 Å². The average Bonchev–Trinajstić information content (AvgIpc) is 3.23. The van der Waals surface area contributed by atoms with E-state index in [4.69, 9.17) is 5.10 Å². The van der Waals surface area contributed by atoms with Crippen LogP contribution >= 0.6 is 0 Å². The number of aromatic nitrogens is 6. The van der Waals surface area contributed by atoms with Gasteiger partial charge >= 0.3 is 0 Å². The third kappa shape index (κ3) is 3.86. The summed E-state index contributed by atoms with van der Waals surface area (Å²) in [6.07, 6.45) is 2.86. The van der Waals surface area contributed by atoms with Crippen LogP contribution in [0.3, 0.4) is 0 Å². The number of halogens is 1. The molecule has 0 saturated heterocycles. The van der Waals surface area contributed by atoms with Crippen molar-refractivity contribution in [3.8, 4) is 17.1 Å². The fourth-order valence-corrected chi connectivity index (χ4v) is 4.00. The maximum Gasteiger partial charge on any atom is 0.157 e. The number of aryl methyl sites for hydroxylation is 2. The lowest BCUT2D eigenvalue weighted by Gasteiger charge is -2.07. The van der Waals surface area contributed by atoms with Crippen LogP contribution in [0, 0.1) is 19.7 Å². The van der Waals surface area contributed by atoms with Gasteiger partial charge in [-0.1, -0.05) is 6.92 Å². The summed E-state index contributed by atoms with van der Waals surface area (Å²) < 4.78 is 17.0. The Kier molecular flexibility index (Phi) is 5.65. The second-order valence-electron chi connectivity index (χ2n) is 7.52. The van der Waals surface area contributed by atoms with Gasteiger partial charge in [0.25, 0.3) is 0 Å². The Labute approximate surface area is 180 Å². The van der Waals surface area contributed by atoms with Crippen LogP contribution in [-0.4, -0.2) is 34.6 Å². The topological polar surface area (TPSA) is 81.7 Å². The molecule has 4 aromatic rings. The lowest BCUT2D eigenvalue weighted by atomic mass is 10.0. The van der Waals surface area contributed by atoms with Crippen molar-refractivity contribution in [2.45, 2.75) is 40.2 Å². The third-order valence-corrected chi connectivity index (χ3v) is 5.57. The number of hydrogen-bond acceptors (Lipinski definition) is 5. The summed E-state index contributed by atoms with van der Waals surface area (Å²) in [4.78, 5) is 8.81. The van der Waals surface area contributed by atoms with Gasteiger partial charge in [0.05, 0.1) is 29.4 Å². The number of hydrogen-bond donors (Lipinski definition) is 1. The van der Waals surface area contributed by atoms with Gasteiger partial charge < -0.3 is 5.11 Å². The van der Waals surface area contributed by atoms with Crippen molar-refractivity contribution in [3.05, 3.63) is 76.4 Å². The van der Waals surface area contributed by atoms with E-state index in [9.17, 15) is 9.50 Å². The molecule has 0 amide bonds. The normalized spacial score (nSPS) is 11.3. The molecule has 0 radical (unpaired) electrons. The van der Waals surface area contributed by atoms with Crippen LogP contribution in [0.25, 0.3) is 17.1 Å². The number of benzene rings is 1. The van der Waals surface area contributed by atoms with Gasteiger partial charge in [0, 0.05) is 41.9 Å². The zero-order valence-electron chi connectivity index (χ0n) is 18.1. The zero-order chi connectivity index (χ0) is 22.1. The van der Waals surface area contributed by atoms with Crippen LogP contribution in [0.5, 0.6) is 0 Å². The Hall–Kier alpha value is -3.39. The molecule has 0 bridgehead atoms. The maximum atomic E-state index is 13.4. The monoisotopic (exact) mass is 420 g/mol. The lowest BCUT2D eigenvalue weighted by Crippen LogP contribution is -2.05. The number of aliphatic hydroxyl groups is 1. The first-order valence-corrected chi connectivity index (χ1v) is 10.2. The highest BCUT2D eigenvalue weighted by Gasteiger charge is 2.18. The van der Waals surface area contributed by atoms with E-state index in [1.807, 2.05) is 31.6 Å². The summed E-state index contributed by atoms with van der Waals surface area (Å²) in [7, 11) is 1.90. The summed E-state index contributed by atoms with van der Waals surface area (Å²) in [5, 5.41) is 18.8. The van der Waals surface area contributed by atoms with Crippen LogP contribution < -0.4 is 0 Å². The number of aliphatic hydroxyl groups excluding tert-OH is 1. The summed E-state index contributed by atoms with van der Waals surface area (Å²) >= 11 is 0. The van der Waals surface area contributed by atoms with Crippen LogP contribution in [-0.2, 0) is 26.5 Å². The van der Waals surface area contributed by atoms with Crippen molar-refractivity contribution in [3.63, 3.8) is 0 Å². The van der Waals surface area contributed by atoms with Crippen LogP contribution in [0.1, 0.15) is 40.8 Å². The first-order chi connectivity index (χ1) is 14.9. The minimum atomic E-state index is -0.258. The lowest BCUT2D eigenvalue weighted by molar-refractivity contribution is 0.280. The number of rotatable bonds is 6. The summed E-state index contributed by atoms with van der Waals surface area (Å²) in [5.41, 5.74) is 7.22. The zero-order valence-corrected chi connectivity index (χ0v) is 18.1. The Bertz CT molecular complexity index is 1230. The van der Waals surface area contributed by atoms with Gasteiger partial charge in [-0.3, -0.25) is 4.68 Å². The molecule has 0 unspecified atom stereocenters. The smallest absolute Gasteiger partial charge is 0.157 e. The SMILES string of the molecule is CCc1c(Cc2cc(-n3nc(C)c(CO)c3C)ncn2)nn(C)c1-c1ccc(F)cc1. The Morgan fingerprint density at radius 2 is 1.77 bits per heavy atom. The van der Waals surface area contributed by atoms with Gasteiger partial charge in [0.2, 0.25) is 0 Å². The van der Waals surface area contributed by atoms with Gasteiger partial charge in [0.1, 0.15) is 12.1 Å². The van der Waals surface area contributed by atoms with Crippen molar-refractivity contribution >= 4 is 0 Å². The van der Waals surface area contributed by atoms with Crippen molar-refractivity contribution in [2.75, 3.05) is 0 Å². The van der Waals surface area contributed by atoms with E-state index in [2.05, 4.69) is 22.0 Å². The highest BCUT2D eigenvalue weighted by Crippen LogP contribution is 2.28. The second-order valence-corrected chi connectivity index (χ2v) is 7.52. The van der Waals surface area contributed by atoms with Crippen LogP contribution in [0.15, 0.2) is 36.7 Å². The first-order valence-electron chi connectivity index (χ1n) is 10.2. The van der Waals surface area contributed by atoms with Gasteiger partial charge in [0.15, 0.2) is 5.82 Å². The minimum Gasteiger partial charge on any atom is -0.392 e. The van der Waals surface area contributed by atoms with Crippen molar-refractivity contribution in [1.29, 1.82) is 0 Å². The van der Waals surface area contributed by atoms with E-state index >= 15 is 0 Å². The van der Waals surface area contributed by atoms with E-state index in [1.54, 1.807) is 16.8 Å². The molecule has 0 aliphatic rings. The average molecular weight is 420 g/mol. The summed E-state index contributed by atoms with van der Waals surface area (Å²) in [5.74, 6) is 0.393. The quantitative estimate of drug-likeness (QED) is 0.517. The van der Waals surface area contributed by atoms with Crippen LogP contribution in [0.4, 0.5) is 4.39 Å². The molecule has 0 aliphatic carbocycles. The Morgan fingerprint density at radius 1 is 1.03 bits per heavy atom. The molecule has 0 aliphatic heterocycles. The van der Waals surface area contributed by atoms with Crippen molar-refractivity contribution < 1.29 is 9.50 Å². The molecule has 0 atom stereocenters. The van der Waals surface area contributed by atoms with Gasteiger partial charge in [-0.2, -0.15) is 10.2 Å². The second kappa shape index (κ2) is 8.39.